The Hall–Kier alpha value is -2.87. The van der Waals surface area contributed by atoms with Gasteiger partial charge in [0, 0.05) is 5.69 Å². The topological polar surface area (TPSA) is 61.4 Å². The number of rotatable bonds is 7. The van der Waals surface area contributed by atoms with Crippen molar-refractivity contribution in [2.45, 2.75) is 20.0 Å². The van der Waals surface area contributed by atoms with E-state index in [1.165, 1.54) is 18.2 Å². The van der Waals surface area contributed by atoms with Crippen molar-refractivity contribution >= 4 is 23.2 Å². The molecule has 2 rings (SSSR count). The van der Waals surface area contributed by atoms with Crippen LogP contribution in [0.3, 0.4) is 0 Å². The van der Waals surface area contributed by atoms with E-state index in [0.29, 0.717) is 12.2 Å². The van der Waals surface area contributed by atoms with Crippen molar-refractivity contribution in [3.05, 3.63) is 59.7 Å². The third kappa shape index (κ3) is 6.09. The number of hydrogen-bond acceptors (Lipinski definition) is 3. The van der Waals surface area contributed by atoms with Crippen LogP contribution in [-0.2, 0) is 15.8 Å². The zero-order chi connectivity index (χ0) is 20.7. The number of anilines is 2. The summed E-state index contributed by atoms with van der Waals surface area (Å²) in [6.45, 7) is 3.75. The fourth-order valence-electron chi connectivity index (χ4n) is 2.62. The van der Waals surface area contributed by atoms with Gasteiger partial charge in [0.15, 0.2) is 0 Å². The molecule has 0 fully saturated rings. The average Bonchev–Trinajstić information content (AvgIpc) is 2.62. The minimum absolute atomic E-state index is 0.0564. The maximum absolute atomic E-state index is 13.0. The van der Waals surface area contributed by atoms with Crippen LogP contribution in [-0.4, -0.2) is 36.3 Å². The molecule has 0 aliphatic carbocycles. The second-order valence-electron chi connectivity index (χ2n) is 6.26. The first-order valence-electron chi connectivity index (χ1n) is 8.74. The van der Waals surface area contributed by atoms with Gasteiger partial charge in [0.1, 0.15) is 0 Å². The summed E-state index contributed by atoms with van der Waals surface area (Å²) in [6.07, 6.45) is -4.57. The van der Waals surface area contributed by atoms with Gasteiger partial charge in [-0.15, -0.1) is 0 Å². The first-order valence-corrected chi connectivity index (χ1v) is 8.74. The summed E-state index contributed by atoms with van der Waals surface area (Å²) in [5.74, 6) is -0.929. The van der Waals surface area contributed by atoms with Gasteiger partial charge in [0.25, 0.3) is 0 Å². The molecule has 2 amide bonds. The quantitative estimate of drug-likeness (QED) is 0.750. The second kappa shape index (κ2) is 9.36. The van der Waals surface area contributed by atoms with Crippen LogP contribution in [0.4, 0.5) is 24.5 Å². The number of nitrogens with zero attached hydrogens (tertiary/aromatic N) is 1. The van der Waals surface area contributed by atoms with Gasteiger partial charge in [0.05, 0.1) is 24.3 Å². The van der Waals surface area contributed by atoms with Crippen molar-refractivity contribution in [2.75, 3.05) is 30.3 Å². The molecule has 0 bridgehead atoms. The summed E-state index contributed by atoms with van der Waals surface area (Å²) in [7, 11) is 0. The highest BCUT2D eigenvalue weighted by Gasteiger charge is 2.33. The highest BCUT2D eigenvalue weighted by atomic mass is 19.4. The Labute approximate surface area is 161 Å². The van der Waals surface area contributed by atoms with Crippen LogP contribution >= 0.6 is 0 Å². The summed E-state index contributed by atoms with van der Waals surface area (Å²) in [5.41, 5.74) is 0.358. The molecule has 2 aromatic carbocycles. The Morgan fingerprint density at radius 3 is 1.93 bits per heavy atom. The number of carbonyl (C=O) groups is 2. The van der Waals surface area contributed by atoms with Crippen molar-refractivity contribution in [3.63, 3.8) is 0 Å². The van der Waals surface area contributed by atoms with Crippen LogP contribution in [0.1, 0.15) is 18.1 Å². The molecule has 8 heteroatoms. The lowest BCUT2D eigenvalue weighted by molar-refractivity contribution is -0.137. The number of amides is 2. The zero-order valence-electron chi connectivity index (χ0n) is 15.6. The molecule has 0 aliphatic heterocycles. The third-order valence-corrected chi connectivity index (χ3v) is 4.11. The second-order valence-corrected chi connectivity index (χ2v) is 6.26. The van der Waals surface area contributed by atoms with Crippen LogP contribution in [0.25, 0.3) is 0 Å². The van der Waals surface area contributed by atoms with Crippen molar-refractivity contribution < 1.29 is 22.8 Å². The van der Waals surface area contributed by atoms with Gasteiger partial charge < -0.3 is 10.6 Å². The zero-order valence-corrected chi connectivity index (χ0v) is 15.6. The molecular weight excluding hydrogens is 371 g/mol. The van der Waals surface area contributed by atoms with Crippen LogP contribution in [0.2, 0.25) is 0 Å². The Balaban J connectivity index is 1.97. The number of para-hydroxylation sites is 2. The standard InChI is InChI=1S/C20H22F3N3O2/c1-3-26(12-18(27)24-16-10-6-4-8-14(16)2)13-19(28)25-17-11-7-5-9-15(17)20(21,22)23/h4-11H,3,12-13H2,1-2H3,(H,24,27)(H,25,28). The highest BCUT2D eigenvalue weighted by molar-refractivity contribution is 5.95. The van der Waals surface area contributed by atoms with Gasteiger partial charge >= 0.3 is 6.18 Å². The van der Waals surface area contributed by atoms with E-state index in [1.54, 1.807) is 24.0 Å². The summed E-state index contributed by atoms with van der Waals surface area (Å²) >= 11 is 0. The number of hydrogen-bond donors (Lipinski definition) is 2. The van der Waals surface area contributed by atoms with Crippen LogP contribution in [0, 0.1) is 6.92 Å². The number of nitrogens with one attached hydrogen (secondary N) is 2. The molecule has 2 aromatic rings. The normalized spacial score (nSPS) is 11.4. The maximum atomic E-state index is 13.0. The number of benzene rings is 2. The largest absolute Gasteiger partial charge is 0.418 e. The van der Waals surface area contributed by atoms with E-state index < -0.39 is 17.6 Å². The van der Waals surface area contributed by atoms with Gasteiger partial charge in [-0.1, -0.05) is 37.3 Å². The summed E-state index contributed by atoms with van der Waals surface area (Å²) < 4.78 is 39.1. The Kier molecular flexibility index (Phi) is 7.17. The van der Waals surface area contributed by atoms with Crippen molar-refractivity contribution in [1.29, 1.82) is 0 Å². The Bertz CT molecular complexity index is 837. The lowest BCUT2D eigenvalue weighted by atomic mass is 10.1. The van der Waals surface area contributed by atoms with E-state index in [2.05, 4.69) is 10.6 Å². The lowest BCUT2D eigenvalue weighted by Crippen LogP contribution is -2.38. The summed E-state index contributed by atoms with van der Waals surface area (Å²) in [6, 6.07) is 12.1. The van der Waals surface area contributed by atoms with E-state index in [9.17, 15) is 22.8 Å². The van der Waals surface area contributed by atoms with Crippen molar-refractivity contribution in [2.24, 2.45) is 0 Å². The minimum Gasteiger partial charge on any atom is -0.325 e. The predicted octanol–water partition coefficient (Wildman–Crippen LogP) is 3.91. The molecule has 0 radical (unpaired) electrons. The number of likely N-dealkylation sites (N-methyl/N-ethyl adjacent to an activating group) is 1. The van der Waals surface area contributed by atoms with Gasteiger partial charge in [-0.05, 0) is 37.2 Å². The summed E-state index contributed by atoms with van der Waals surface area (Å²) in [4.78, 5) is 26.0. The molecule has 28 heavy (non-hydrogen) atoms. The first-order chi connectivity index (χ1) is 13.2. The van der Waals surface area contributed by atoms with Gasteiger partial charge in [-0.2, -0.15) is 13.2 Å². The van der Waals surface area contributed by atoms with E-state index in [1.807, 2.05) is 19.1 Å². The van der Waals surface area contributed by atoms with E-state index in [0.717, 1.165) is 11.6 Å². The van der Waals surface area contributed by atoms with E-state index >= 15 is 0 Å². The van der Waals surface area contributed by atoms with Gasteiger partial charge in [0.2, 0.25) is 11.8 Å². The van der Waals surface area contributed by atoms with Crippen LogP contribution in [0.5, 0.6) is 0 Å². The Morgan fingerprint density at radius 2 is 1.39 bits per heavy atom. The van der Waals surface area contributed by atoms with E-state index in [-0.39, 0.29) is 24.7 Å². The minimum atomic E-state index is -4.57. The first kappa shape index (κ1) is 21.4. The molecule has 150 valence electrons. The molecule has 0 spiro atoms. The van der Waals surface area contributed by atoms with Crippen LogP contribution in [0.15, 0.2) is 48.5 Å². The monoisotopic (exact) mass is 393 g/mol. The SMILES string of the molecule is CCN(CC(=O)Nc1ccccc1C)CC(=O)Nc1ccccc1C(F)(F)F. The number of alkyl halides is 3. The molecule has 0 aromatic heterocycles. The van der Waals surface area contributed by atoms with Gasteiger partial charge in [-0.3, -0.25) is 14.5 Å². The fraction of sp³-hybridized carbons (Fsp3) is 0.300. The predicted molar refractivity (Wildman–Crippen MR) is 102 cm³/mol. The number of carbonyl (C=O) groups excluding carboxylic acids is 2. The van der Waals surface area contributed by atoms with Crippen molar-refractivity contribution in [3.8, 4) is 0 Å². The average molecular weight is 393 g/mol. The molecule has 0 saturated carbocycles. The fourth-order valence-corrected chi connectivity index (χ4v) is 2.62. The lowest BCUT2D eigenvalue weighted by Gasteiger charge is -2.20. The number of aryl methyl sites for hydroxylation is 1. The molecule has 0 heterocycles. The molecule has 0 atom stereocenters. The molecule has 0 unspecified atom stereocenters. The van der Waals surface area contributed by atoms with E-state index in [4.69, 9.17) is 0 Å². The maximum Gasteiger partial charge on any atom is 0.418 e. The molecule has 0 saturated heterocycles. The smallest absolute Gasteiger partial charge is 0.325 e. The van der Waals surface area contributed by atoms with Gasteiger partial charge in [-0.25, -0.2) is 0 Å². The van der Waals surface area contributed by atoms with Crippen molar-refractivity contribution in [1.82, 2.24) is 4.90 Å². The summed E-state index contributed by atoms with van der Waals surface area (Å²) in [5, 5.41) is 5.05. The Morgan fingerprint density at radius 1 is 0.893 bits per heavy atom. The molecular formula is C20H22F3N3O2. The number of halogens is 3. The molecule has 2 N–H and O–H groups in total. The molecule has 0 aliphatic rings. The third-order valence-electron chi connectivity index (χ3n) is 4.11. The molecule has 5 nitrogen and oxygen atoms in total. The highest BCUT2D eigenvalue weighted by Crippen LogP contribution is 2.34. The van der Waals surface area contributed by atoms with Crippen LogP contribution < -0.4 is 10.6 Å².